The summed E-state index contributed by atoms with van der Waals surface area (Å²) in [5.74, 6) is -0.169. The molecule has 8 heteroatoms. The van der Waals surface area contributed by atoms with Crippen LogP contribution < -0.4 is 10.6 Å². The zero-order valence-electron chi connectivity index (χ0n) is 15.1. The second-order valence-electron chi connectivity index (χ2n) is 6.79. The third kappa shape index (κ3) is 5.56. The van der Waals surface area contributed by atoms with Gasteiger partial charge in [0.25, 0.3) is 0 Å². The second kappa shape index (κ2) is 9.03. The Bertz CT molecular complexity index is 793. The molecule has 6 nitrogen and oxygen atoms in total. The molecule has 0 radical (unpaired) electrons. The zero-order valence-corrected chi connectivity index (χ0v) is 15.9. The van der Waals surface area contributed by atoms with E-state index in [1.165, 1.54) is 30.3 Å². The van der Waals surface area contributed by atoms with Crippen molar-refractivity contribution in [1.29, 1.82) is 0 Å². The number of benzene rings is 1. The van der Waals surface area contributed by atoms with Crippen LogP contribution in [0.5, 0.6) is 0 Å². The molecule has 1 aliphatic carbocycles. The maximum atomic E-state index is 13.0. The molecule has 144 valence electrons. The van der Waals surface area contributed by atoms with Crippen LogP contribution in [-0.2, 0) is 4.79 Å². The Morgan fingerprint density at radius 3 is 2.74 bits per heavy atom. The summed E-state index contributed by atoms with van der Waals surface area (Å²) in [6.45, 7) is 2.12. The van der Waals surface area contributed by atoms with E-state index in [1.807, 2.05) is 0 Å². The molecule has 1 aliphatic rings. The lowest BCUT2D eigenvalue weighted by Gasteiger charge is -2.29. The maximum absolute atomic E-state index is 13.0. The van der Waals surface area contributed by atoms with Gasteiger partial charge in [-0.1, -0.05) is 31.5 Å². The van der Waals surface area contributed by atoms with Gasteiger partial charge in [-0.2, -0.15) is 0 Å². The highest BCUT2D eigenvalue weighted by molar-refractivity contribution is 7.99. The number of aromatic amines is 1. The number of aromatic nitrogens is 2. The number of amides is 3. The van der Waals surface area contributed by atoms with Crippen LogP contribution in [0.3, 0.4) is 0 Å². The number of nitrogens with zero attached hydrogens (tertiary/aromatic N) is 1. The number of rotatable bonds is 5. The Balaban J connectivity index is 1.45. The lowest BCUT2D eigenvalue weighted by Crippen LogP contribution is -2.48. The minimum absolute atomic E-state index is 0.0734. The van der Waals surface area contributed by atoms with E-state index >= 15 is 0 Å². The molecule has 3 rings (SSSR count). The minimum Gasteiger partial charge on any atom is -0.335 e. The Kier molecular flexibility index (Phi) is 6.49. The molecule has 27 heavy (non-hydrogen) atoms. The molecule has 0 saturated heterocycles. The molecule has 0 bridgehead atoms. The maximum Gasteiger partial charge on any atom is 0.321 e. The van der Waals surface area contributed by atoms with Crippen molar-refractivity contribution in [2.75, 3.05) is 5.75 Å². The molecule has 0 spiro atoms. The quantitative estimate of drug-likeness (QED) is 0.679. The average molecular weight is 390 g/mol. The summed E-state index contributed by atoms with van der Waals surface area (Å²) in [6.07, 6.45) is 5.98. The molecule has 3 N–H and O–H groups in total. The molecule has 3 amide bonds. The van der Waals surface area contributed by atoms with Gasteiger partial charge in [0, 0.05) is 6.04 Å². The first-order valence-electron chi connectivity index (χ1n) is 9.05. The summed E-state index contributed by atoms with van der Waals surface area (Å²) in [4.78, 5) is 31.3. The predicted octanol–water partition coefficient (Wildman–Crippen LogP) is 3.71. The number of halogens is 1. The van der Waals surface area contributed by atoms with Crippen LogP contribution in [0.4, 0.5) is 9.18 Å². The molecular formula is C19H23FN4O2S. The largest absolute Gasteiger partial charge is 0.335 e. The van der Waals surface area contributed by atoms with Crippen LogP contribution in [0.2, 0.25) is 0 Å². The number of nitrogens with one attached hydrogen (secondary N) is 3. The van der Waals surface area contributed by atoms with Gasteiger partial charge < -0.3 is 10.3 Å². The van der Waals surface area contributed by atoms with Crippen LogP contribution in [0.1, 0.15) is 32.6 Å². The topological polar surface area (TPSA) is 86.9 Å². The monoisotopic (exact) mass is 390 g/mol. The van der Waals surface area contributed by atoms with Crippen molar-refractivity contribution in [3.63, 3.8) is 0 Å². The molecule has 2 unspecified atom stereocenters. The number of thioether (sulfide) groups is 1. The summed E-state index contributed by atoms with van der Waals surface area (Å²) in [6, 6.07) is 5.75. The number of imidazole rings is 1. The SMILES string of the molecule is CC1CCCCC1NC(=O)NC(=O)CSc1ncc(-c2ccc(F)cc2)[nH]1. The predicted molar refractivity (Wildman–Crippen MR) is 103 cm³/mol. The number of carbonyl (C=O) groups is 2. The van der Waals surface area contributed by atoms with Gasteiger partial charge >= 0.3 is 6.03 Å². The summed E-state index contributed by atoms with van der Waals surface area (Å²) in [7, 11) is 0. The van der Waals surface area contributed by atoms with E-state index in [2.05, 4.69) is 27.5 Å². The van der Waals surface area contributed by atoms with Gasteiger partial charge in [0.2, 0.25) is 5.91 Å². The van der Waals surface area contributed by atoms with E-state index in [4.69, 9.17) is 0 Å². The van der Waals surface area contributed by atoms with Crippen molar-refractivity contribution in [1.82, 2.24) is 20.6 Å². The van der Waals surface area contributed by atoms with Crippen LogP contribution in [0.25, 0.3) is 11.3 Å². The molecular weight excluding hydrogens is 367 g/mol. The smallest absolute Gasteiger partial charge is 0.321 e. The van der Waals surface area contributed by atoms with Crippen LogP contribution in [0.15, 0.2) is 35.6 Å². The van der Waals surface area contributed by atoms with Crippen molar-refractivity contribution in [3.05, 3.63) is 36.3 Å². The third-order valence-electron chi connectivity index (χ3n) is 4.73. The molecule has 1 aromatic carbocycles. The minimum atomic E-state index is -0.439. The highest BCUT2D eigenvalue weighted by atomic mass is 32.2. The Labute approximate surface area is 161 Å². The summed E-state index contributed by atoms with van der Waals surface area (Å²) in [5.41, 5.74) is 1.54. The normalized spacial score (nSPS) is 19.5. The summed E-state index contributed by atoms with van der Waals surface area (Å²) in [5, 5.41) is 5.82. The first kappa shape index (κ1) is 19.4. The first-order valence-corrected chi connectivity index (χ1v) is 10.0. The Morgan fingerprint density at radius 1 is 1.26 bits per heavy atom. The van der Waals surface area contributed by atoms with E-state index in [0.717, 1.165) is 30.5 Å². The third-order valence-corrected chi connectivity index (χ3v) is 5.62. The van der Waals surface area contributed by atoms with Crippen LogP contribution >= 0.6 is 11.8 Å². The van der Waals surface area contributed by atoms with Gasteiger partial charge in [0.15, 0.2) is 5.16 Å². The Morgan fingerprint density at radius 2 is 2.00 bits per heavy atom. The fraction of sp³-hybridized carbons (Fsp3) is 0.421. The van der Waals surface area contributed by atoms with Gasteiger partial charge in [0.1, 0.15) is 5.82 Å². The number of hydrogen-bond donors (Lipinski definition) is 3. The zero-order chi connectivity index (χ0) is 19.2. The van der Waals surface area contributed by atoms with Crippen molar-refractivity contribution < 1.29 is 14.0 Å². The molecule has 1 aromatic heterocycles. The number of urea groups is 1. The standard InChI is InChI=1S/C19H23FN4O2S/c1-12-4-2-3-5-15(12)22-18(26)24-17(25)11-27-19-21-10-16(23-19)13-6-8-14(20)9-7-13/h6-10,12,15H,2-5,11H2,1H3,(H,21,23)(H2,22,24,25,26). The molecule has 1 saturated carbocycles. The number of H-pyrrole nitrogens is 1. The van der Waals surface area contributed by atoms with E-state index < -0.39 is 6.03 Å². The van der Waals surface area contributed by atoms with Crippen molar-refractivity contribution in [2.45, 2.75) is 43.8 Å². The fourth-order valence-electron chi connectivity index (χ4n) is 3.18. The lowest BCUT2D eigenvalue weighted by molar-refractivity contribution is -0.117. The van der Waals surface area contributed by atoms with E-state index in [9.17, 15) is 14.0 Å². The summed E-state index contributed by atoms with van der Waals surface area (Å²) >= 11 is 1.20. The van der Waals surface area contributed by atoms with Gasteiger partial charge in [0.05, 0.1) is 17.6 Å². The molecule has 1 fully saturated rings. The highest BCUT2D eigenvalue weighted by Gasteiger charge is 2.23. The number of hydrogen-bond acceptors (Lipinski definition) is 4. The van der Waals surface area contributed by atoms with Gasteiger partial charge in [-0.25, -0.2) is 14.2 Å². The first-order chi connectivity index (χ1) is 13.0. The molecule has 2 aromatic rings. The van der Waals surface area contributed by atoms with E-state index in [1.54, 1.807) is 18.3 Å². The highest BCUT2D eigenvalue weighted by Crippen LogP contribution is 2.24. The Hall–Kier alpha value is -2.35. The molecule has 0 aliphatic heterocycles. The average Bonchev–Trinajstić information content (AvgIpc) is 3.11. The second-order valence-corrected chi connectivity index (χ2v) is 7.75. The van der Waals surface area contributed by atoms with Crippen molar-refractivity contribution in [2.24, 2.45) is 5.92 Å². The van der Waals surface area contributed by atoms with E-state index in [-0.39, 0.29) is 23.5 Å². The molecule has 1 heterocycles. The van der Waals surface area contributed by atoms with Gasteiger partial charge in [-0.05, 0) is 48.6 Å². The van der Waals surface area contributed by atoms with Crippen LogP contribution in [-0.4, -0.2) is 33.7 Å². The fourth-order valence-corrected chi connectivity index (χ4v) is 3.83. The van der Waals surface area contributed by atoms with Crippen molar-refractivity contribution >= 4 is 23.7 Å². The number of carbonyl (C=O) groups excluding carboxylic acids is 2. The lowest BCUT2D eigenvalue weighted by atomic mass is 9.86. The number of imide groups is 1. The summed E-state index contributed by atoms with van der Waals surface area (Å²) < 4.78 is 13.0. The van der Waals surface area contributed by atoms with Crippen molar-refractivity contribution in [3.8, 4) is 11.3 Å². The van der Waals surface area contributed by atoms with Gasteiger partial charge in [-0.15, -0.1) is 0 Å². The molecule has 2 atom stereocenters. The van der Waals surface area contributed by atoms with Crippen LogP contribution in [0, 0.1) is 11.7 Å². The van der Waals surface area contributed by atoms with Gasteiger partial charge in [-0.3, -0.25) is 10.1 Å². The van der Waals surface area contributed by atoms with E-state index in [0.29, 0.717) is 11.1 Å².